The Hall–Kier alpha value is -1.36. The van der Waals surface area contributed by atoms with E-state index in [0.29, 0.717) is 10.2 Å². The van der Waals surface area contributed by atoms with Crippen molar-refractivity contribution in [2.75, 3.05) is 5.73 Å². The number of aryl methyl sites for hydroxylation is 1. The molecule has 0 saturated heterocycles. The molecule has 5 heteroatoms. The Bertz CT molecular complexity index is 548. The Kier molecular flexibility index (Phi) is 2.71. The van der Waals surface area contributed by atoms with E-state index in [-0.39, 0.29) is 5.82 Å². The lowest BCUT2D eigenvalue weighted by Crippen LogP contribution is -1.98. The van der Waals surface area contributed by atoms with Crippen molar-refractivity contribution >= 4 is 21.6 Å². The summed E-state index contributed by atoms with van der Waals surface area (Å²) in [4.78, 5) is 0. The zero-order chi connectivity index (χ0) is 11.9. The fraction of sp³-hybridized carbons (Fsp3) is 0.182. The molecule has 2 rings (SSSR count). The lowest BCUT2D eigenvalue weighted by Gasteiger charge is -2.11. The molecule has 0 radical (unpaired) electrons. The Morgan fingerprint density at radius 1 is 1.44 bits per heavy atom. The molecule has 0 unspecified atom stereocenters. The van der Waals surface area contributed by atoms with Gasteiger partial charge in [-0.05, 0) is 47.0 Å². The van der Waals surface area contributed by atoms with Crippen molar-refractivity contribution in [3.8, 4) is 11.3 Å². The van der Waals surface area contributed by atoms with E-state index < -0.39 is 0 Å². The van der Waals surface area contributed by atoms with Crippen molar-refractivity contribution in [1.29, 1.82) is 0 Å². The number of anilines is 1. The summed E-state index contributed by atoms with van der Waals surface area (Å²) in [5.41, 5.74) is 9.62. The molecule has 84 valence electrons. The van der Waals surface area contributed by atoms with E-state index in [9.17, 15) is 4.39 Å². The molecule has 1 aromatic heterocycles. The standard InChI is InChI=1S/C11H11BrFN3/c1-5-4-15-16-11(5)9-6(2)10(12)7(13)3-8(9)14/h3-4H,14H2,1-2H3,(H,15,16). The van der Waals surface area contributed by atoms with E-state index in [4.69, 9.17) is 5.73 Å². The van der Waals surface area contributed by atoms with E-state index in [1.165, 1.54) is 6.07 Å². The second-order valence-electron chi connectivity index (χ2n) is 3.69. The number of aromatic amines is 1. The Labute approximate surface area is 101 Å². The van der Waals surface area contributed by atoms with Crippen molar-refractivity contribution < 1.29 is 4.39 Å². The molecule has 0 saturated carbocycles. The first kappa shape index (κ1) is 11.1. The highest BCUT2D eigenvalue weighted by Gasteiger charge is 2.16. The first-order valence-electron chi connectivity index (χ1n) is 4.76. The Morgan fingerprint density at radius 2 is 2.12 bits per heavy atom. The number of nitrogen functional groups attached to an aromatic ring is 1. The molecule has 0 bridgehead atoms. The monoisotopic (exact) mass is 283 g/mol. The number of H-pyrrole nitrogens is 1. The molecule has 0 aliphatic heterocycles. The number of rotatable bonds is 1. The topological polar surface area (TPSA) is 54.7 Å². The van der Waals surface area contributed by atoms with Crippen LogP contribution in [0.4, 0.5) is 10.1 Å². The molecule has 0 amide bonds. The molecule has 2 aromatic rings. The van der Waals surface area contributed by atoms with E-state index in [1.54, 1.807) is 6.20 Å². The molecule has 16 heavy (non-hydrogen) atoms. The van der Waals surface area contributed by atoms with Crippen LogP contribution < -0.4 is 5.73 Å². The van der Waals surface area contributed by atoms with Crippen LogP contribution in [0.25, 0.3) is 11.3 Å². The van der Waals surface area contributed by atoms with E-state index >= 15 is 0 Å². The van der Waals surface area contributed by atoms with Crippen LogP contribution in [0.15, 0.2) is 16.7 Å². The van der Waals surface area contributed by atoms with E-state index in [2.05, 4.69) is 26.1 Å². The highest BCUT2D eigenvalue weighted by molar-refractivity contribution is 9.10. The van der Waals surface area contributed by atoms with Gasteiger partial charge in [-0.15, -0.1) is 0 Å². The van der Waals surface area contributed by atoms with Gasteiger partial charge in [0.05, 0.1) is 16.4 Å². The van der Waals surface area contributed by atoms with Gasteiger partial charge in [0.15, 0.2) is 0 Å². The van der Waals surface area contributed by atoms with Gasteiger partial charge < -0.3 is 5.73 Å². The maximum Gasteiger partial charge on any atom is 0.139 e. The largest absolute Gasteiger partial charge is 0.398 e. The first-order valence-corrected chi connectivity index (χ1v) is 5.56. The van der Waals surface area contributed by atoms with Crippen LogP contribution in [0, 0.1) is 19.7 Å². The molecule has 1 heterocycles. The normalized spacial score (nSPS) is 10.8. The molecule has 0 spiro atoms. The number of halogens is 2. The van der Waals surface area contributed by atoms with Gasteiger partial charge in [-0.2, -0.15) is 5.10 Å². The van der Waals surface area contributed by atoms with Crippen molar-refractivity contribution in [2.24, 2.45) is 0 Å². The highest BCUT2D eigenvalue weighted by Crippen LogP contribution is 2.35. The third-order valence-corrected chi connectivity index (χ3v) is 3.54. The number of aromatic nitrogens is 2. The van der Waals surface area contributed by atoms with Crippen LogP contribution in [-0.2, 0) is 0 Å². The van der Waals surface area contributed by atoms with Crippen LogP contribution in [0.3, 0.4) is 0 Å². The molecule has 0 fully saturated rings. The summed E-state index contributed by atoms with van der Waals surface area (Å²) in [7, 11) is 0. The molecular weight excluding hydrogens is 273 g/mol. The zero-order valence-electron chi connectivity index (χ0n) is 8.94. The maximum atomic E-state index is 13.4. The Morgan fingerprint density at radius 3 is 2.69 bits per heavy atom. The zero-order valence-corrected chi connectivity index (χ0v) is 10.5. The summed E-state index contributed by atoms with van der Waals surface area (Å²) in [6.45, 7) is 3.74. The van der Waals surface area contributed by atoms with Crippen LogP contribution in [0.1, 0.15) is 11.1 Å². The van der Waals surface area contributed by atoms with Gasteiger partial charge in [0.25, 0.3) is 0 Å². The van der Waals surface area contributed by atoms with Crippen LogP contribution in [0.5, 0.6) is 0 Å². The van der Waals surface area contributed by atoms with Crippen LogP contribution >= 0.6 is 15.9 Å². The summed E-state index contributed by atoms with van der Waals surface area (Å²) < 4.78 is 13.8. The minimum Gasteiger partial charge on any atom is -0.398 e. The smallest absolute Gasteiger partial charge is 0.139 e. The van der Waals surface area contributed by atoms with Crippen molar-refractivity contribution in [3.63, 3.8) is 0 Å². The lowest BCUT2D eigenvalue weighted by atomic mass is 10.0. The molecule has 0 atom stereocenters. The summed E-state index contributed by atoms with van der Waals surface area (Å²) in [6.07, 6.45) is 1.71. The number of nitrogens with two attached hydrogens (primary N) is 1. The average molecular weight is 284 g/mol. The summed E-state index contributed by atoms with van der Waals surface area (Å²) in [6, 6.07) is 1.31. The summed E-state index contributed by atoms with van der Waals surface area (Å²) >= 11 is 3.21. The predicted octanol–water partition coefficient (Wildman–Crippen LogP) is 3.18. The highest BCUT2D eigenvalue weighted by atomic mass is 79.9. The van der Waals surface area contributed by atoms with Gasteiger partial charge in [-0.25, -0.2) is 4.39 Å². The quantitative estimate of drug-likeness (QED) is 0.790. The Balaban J connectivity index is 2.76. The lowest BCUT2D eigenvalue weighted by molar-refractivity contribution is 0.620. The fourth-order valence-corrected chi connectivity index (χ4v) is 2.02. The number of nitrogens with zero attached hydrogens (tertiary/aromatic N) is 1. The van der Waals surface area contributed by atoms with Gasteiger partial charge >= 0.3 is 0 Å². The third kappa shape index (κ3) is 1.61. The van der Waals surface area contributed by atoms with Crippen LogP contribution in [0.2, 0.25) is 0 Å². The molecule has 0 aliphatic carbocycles. The van der Waals surface area contributed by atoms with Gasteiger partial charge in [0.1, 0.15) is 5.82 Å². The minimum atomic E-state index is -0.351. The van der Waals surface area contributed by atoms with Gasteiger partial charge in [-0.3, -0.25) is 5.10 Å². The van der Waals surface area contributed by atoms with Gasteiger partial charge in [0.2, 0.25) is 0 Å². The van der Waals surface area contributed by atoms with Gasteiger partial charge in [-0.1, -0.05) is 0 Å². The molecule has 1 aromatic carbocycles. The number of hydrogen-bond acceptors (Lipinski definition) is 2. The predicted molar refractivity (Wildman–Crippen MR) is 65.6 cm³/mol. The van der Waals surface area contributed by atoms with Crippen molar-refractivity contribution in [3.05, 3.63) is 33.7 Å². The van der Waals surface area contributed by atoms with E-state index in [0.717, 1.165) is 22.4 Å². The number of hydrogen-bond donors (Lipinski definition) is 2. The second-order valence-corrected chi connectivity index (χ2v) is 4.48. The summed E-state index contributed by atoms with van der Waals surface area (Å²) in [5, 5.41) is 6.82. The SMILES string of the molecule is Cc1cn[nH]c1-c1c(N)cc(F)c(Br)c1C. The number of benzene rings is 1. The van der Waals surface area contributed by atoms with Gasteiger partial charge in [0, 0.05) is 11.3 Å². The summed E-state index contributed by atoms with van der Waals surface area (Å²) in [5.74, 6) is -0.351. The molecular formula is C11H11BrFN3. The second kappa shape index (κ2) is 3.90. The van der Waals surface area contributed by atoms with Crippen molar-refractivity contribution in [1.82, 2.24) is 10.2 Å². The number of nitrogens with one attached hydrogen (secondary N) is 1. The molecule has 0 aliphatic rings. The fourth-order valence-electron chi connectivity index (χ4n) is 1.71. The minimum absolute atomic E-state index is 0.351. The van der Waals surface area contributed by atoms with E-state index in [1.807, 2.05) is 13.8 Å². The van der Waals surface area contributed by atoms with Crippen molar-refractivity contribution in [2.45, 2.75) is 13.8 Å². The van der Waals surface area contributed by atoms with Crippen LogP contribution in [-0.4, -0.2) is 10.2 Å². The first-order chi connectivity index (χ1) is 7.52. The average Bonchev–Trinajstić information content (AvgIpc) is 2.62. The molecule has 3 N–H and O–H groups in total. The molecule has 3 nitrogen and oxygen atoms in total. The maximum absolute atomic E-state index is 13.4. The third-order valence-electron chi connectivity index (χ3n) is 2.56.